The van der Waals surface area contributed by atoms with Gasteiger partial charge in [0.1, 0.15) is 5.01 Å². The lowest BCUT2D eigenvalue weighted by atomic mass is 9.94. The van der Waals surface area contributed by atoms with Crippen LogP contribution in [-0.2, 0) is 6.42 Å². The van der Waals surface area contributed by atoms with Gasteiger partial charge < -0.3 is 5.73 Å². The van der Waals surface area contributed by atoms with Crippen molar-refractivity contribution in [2.75, 3.05) is 0 Å². The molecule has 3 heteroatoms. The molecule has 1 aromatic carbocycles. The molecule has 2 aromatic rings. The second kappa shape index (κ2) is 6.31. The molecular weight excluding hydrogens is 252 g/mol. The molecule has 0 saturated heterocycles. The van der Waals surface area contributed by atoms with Crippen molar-refractivity contribution in [1.82, 2.24) is 4.98 Å². The summed E-state index contributed by atoms with van der Waals surface area (Å²) in [4.78, 5) is 5.97. The average molecular weight is 274 g/mol. The molecule has 2 unspecified atom stereocenters. The van der Waals surface area contributed by atoms with Crippen molar-refractivity contribution in [3.8, 4) is 0 Å². The average Bonchev–Trinajstić information content (AvgIpc) is 2.81. The topological polar surface area (TPSA) is 38.9 Å². The van der Waals surface area contributed by atoms with Crippen molar-refractivity contribution in [2.45, 2.75) is 45.6 Å². The summed E-state index contributed by atoms with van der Waals surface area (Å²) < 4.78 is 0. The normalized spacial score (nSPS) is 14.3. The van der Waals surface area contributed by atoms with Gasteiger partial charge in [-0.25, -0.2) is 4.98 Å². The molecular formula is C16H22N2S. The van der Waals surface area contributed by atoms with Gasteiger partial charge in [0.05, 0.1) is 11.7 Å². The number of thiazole rings is 1. The first-order chi connectivity index (χ1) is 9.11. The molecule has 2 nitrogen and oxygen atoms in total. The number of hydrogen-bond acceptors (Lipinski definition) is 3. The van der Waals surface area contributed by atoms with E-state index in [-0.39, 0.29) is 6.04 Å². The molecule has 0 radical (unpaired) electrons. The van der Waals surface area contributed by atoms with Crippen LogP contribution in [0.1, 0.15) is 53.4 Å². The molecule has 1 heterocycles. The molecule has 0 aliphatic rings. The zero-order chi connectivity index (χ0) is 13.8. The first-order valence-electron chi connectivity index (χ1n) is 6.88. The van der Waals surface area contributed by atoms with E-state index in [1.807, 2.05) is 6.07 Å². The lowest BCUT2D eigenvalue weighted by molar-refractivity contribution is 0.570. The van der Waals surface area contributed by atoms with Crippen molar-refractivity contribution in [3.05, 3.63) is 51.5 Å². The van der Waals surface area contributed by atoms with Gasteiger partial charge in [0.2, 0.25) is 0 Å². The van der Waals surface area contributed by atoms with E-state index in [0.29, 0.717) is 5.92 Å². The van der Waals surface area contributed by atoms with Crippen molar-refractivity contribution in [2.24, 2.45) is 5.73 Å². The Kier molecular flexibility index (Phi) is 4.72. The zero-order valence-electron chi connectivity index (χ0n) is 11.9. The van der Waals surface area contributed by atoms with Crippen LogP contribution in [0.25, 0.3) is 0 Å². The van der Waals surface area contributed by atoms with Crippen molar-refractivity contribution >= 4 is 11.3 Å². The van der Waals surface area contributed by atoms with Gasteiger partial charge in [-0.05, 0) is 31.2 Å². The summed E-state index contributed by atoms with van der Waals surface area (Å²) in [7, 11) is 0. The van der Waals surface area contributed by atoms with E-state index < -0.39 is 0 Å². The quantitative estimate of drug-likeness (QED) is 0.887. The van der Waals surface area contributed by atoms with E-state index in [9.17, 15) is 0 Å². The van der Waals surface area contributed by atoms with Gasteiger partial charge >= 0.3 is 0 Å². The molecule has 2 rings (SSSR count). The monoisotopic (exact) mass is 274 g/mol. The van der Waals surface area contributed by atoms with Gasteiger partial charge in [0.15, 0.2) is 0 Å². The van der Waals surface area contributed by atoms with Crippen molar-refractivity contribution < 1.29 is 0 Å². The van der Waals surface area contributed by atoms with Crippen molar-refractivity contribution in [1.29, 1.82) is 0 Å². The van der Waals surface area contributed by atoms with Crippen LogP contribution in [0.15, 0.2) is 30.3 Å². The highest BCUT2D eigenvalue weighted by Crippen LogP contribution is 2.29. The minimum absolute atomic E-state index is 0.0409. The molecule has 0 aliphatic heterocycles. The van der Waals surface area contributed by atoms with Gasteiger partial charge in [-0.2, -0.15) is 0 Å². The van der Waals surface area contributed by atoms with Gasteiger partial charge in [-0.15, -0.1) is 11.3 Å². The second-order valence-corrected chi connectivity index (χ2v) is 6.30. The summed E-state index contributed by atoms with van der Waals surface area (Å²) in [5.41, 5.74) is 8.86. The Morgan fingerprint density at radius 1 is 1.26 bits per heavy atom. The maximum atomic E-state index is 6.32. The molecule has 0 amide bonds. The molecule has 102 valence electrons. The van der Waals surface area contributed by atoms with Crippen molar-refractivity contribution in [3.63, 3.8) is 0 Å². The summed E-state index contributed by atoms with van der Waals surface area (Å²) in [6.45, 7) is 6.51. The van der Waals surface area contributed by atoms with E-state index in [1.165, 1.54) is 16.1 Å². The summed E-state index contributed by atoms with van der Waals surface area (Å²) >= 11 is 1.75. The Morgan fingerprint density at radius 2 is 1.95 bits per heavy atom. The van der Waals surface area contributed by atoms with Crippen LogP contribution < -0.4 is 5.73 Å². The predicted molar refractivity (Wildman–Crippen MR) is 82.6 cm³/mol. The number of hydrogen-bond donors (Lipinski definition) is 1. The first-order valence-corrected chi connectivity index (χ1v) is 7.70. The van der Waals surface area contributed by atoms with Gasteiger partial charge in [0.25, 0.3) is 0 Å². The summed E-state index contributed by atoms with van der Waals surface area (Å²) in [6.07, 6.45) is 1.93. The molecule has 0 bridgehead atoms. The molecule has 0 spiro atoms. The van der Waals surface area contributed by atoms with Crippen LogP contribution in [-0.4, -0.2) is 4.98 Å². The highest BCUT2D eigenvalue weighted by Gasteiger charge is 2.17. The Labute approximate surface area is 119 Å². The maximum Gasteiger partial charge on any atom is 0.110 e. The standard InChI is InChI=1S/C16H22N2S/c1-4-15-12(3)19-16(18-15)14(17)10-11(2)13-8-6-5-7-9-13/h5-9,11,14H,4,10,17H2,1-3H3. The minimum Gasteiger partial charge on any atom is -0.322 e. The molecule has 1 aromatic heterocycles. The van der Waals surface area contributed by atoms with Crippen LogP contribution >= 0.6 is 11.3 Å². The number of nitrogens with two attached hydrogens (primary N) is 1. The number of rotatable bonds is 5. The molecule has 2 N–H and O–H groups in total. The minimum atomic E-state index is 0.0409. The SMILES string of the molecule is CCc1nc(C(N)CC(C)c2ccccc2)sc1C. The largest absolute Gasteiger partial charge is 0.322 e. The number of aryl methyl sites for hydroxylation is 2. The van der Waals surface area contributed by atoms with E-state index >= 15 is 0 Å². The Balaban J connectivity index is 2.06. The number of nitrogens with zero attached hydrogens (tertiary/aromatic N) is 1. The Bertz CT molecular complexity index is 519. The summed E-state index contributed by atoms with van der Waals surface area (Å²) in [5.74, 6) is 0.463. The zero-order valence-corrected chi connectivity index (χ0v) is 12.7. The molecule has 0 saturated carbocycles. The van der Waals surface area contributed by atoms with E-state index in [4.69, 9.17) is 5.73 Å². The van der Waals surface area contributed by atoms with Crippen LogP contribution in [0.3, 0.4) is 0 Å². The van der Waals surface area contributed by atoms with Gasteiger partial charge in [-0.3, -0.25) is 0 Å². The summed E-state index contributed by atoms with van der Waals surface area (Å²) in [5, 5.41) is 1.08. The first kappa shape index (κ1) is 14.2. The van der Waals surface area contributed by atoms with E-state index in [0.717, 1.165) is 17.8 Å². The van der Waals surface area contributed by atoms with Crippen LogP contribution in [0.4, 0.5) is 0 Å². The third-order valence-electron chi connectivity index (χ3n) is 3.54. The lowest BCUT2D eigenvalue weighted by Gasteiger charge is -2.15. The van der Waals surface area contributed by atoms with Gasteiger partial charge in [-0.1, -0.05) is 44.2 Å². The van der Waals surface area contributed by atoms with Crippen LogP contribution in [0.5, 0.6) is 0 Å². The summed E-state index contributed by atoms with van der Waals surface area (Å²) in [6, 6.07) is 10.6. The fraction of sp³-hybridized carbons (Fsp3) is 0.438. The highest BCUT2D eigenvalue weighted by atomic mass is 32.1. The van der Waals surface area contributed by atoms with Crippen LogP contribution in [0, 0.1) is 6.92 Å². The number of aromatic nitrogens is 1. The Hall–Kier alpha value is -1.19. The molecule has 2 atom stereocenters. The smallest absolute Gasteiger partial charge is 0.110 e. The Morgan fingerprint density at radius 3 is 2.53 bits per heavy atom. The lowest BCUT2D eigenvalue weighted by Crippen LogP contribution is -2.13. The van der Waals surface area contributed by atoms with E-state index in [2.05, 4.69) is 50.0 Å². The second-order valence-electron chi connectivity index (χ2n) is 5.06. The predicted octanol–water partition coefficient (Wildman–Crippen LogP) is 4.21. The van der Waals surface area contributed by atoms with Gasteiger partial charge in [0, 0.05) is 4.88 Å². The fourth-order valence-corrected chi connectivity index (χ4v) is 3.36. The molecule has 0 fully saturated rings. The highest BCUT2D eigenvalue weighted by molar-refractivity contribution is 7.11. The van der Waals surface area contributed by atoms with E-state index in [1.54, 1.807) is 11.3 Å². The van der Waals surface area contributed by atoms with Crippen LogP contribution in [0.2, 0.25) is 0 Å². The molecule has 19 heavy (non-hydrogen) atoms. The third kappa shape index (κ3) is 3.43. The molecule has 0 aliphatic carbocycles. The fourth-order valence-electron chi connectivity index (χ4n) is 2.34. The number of benzene rings is 1. The third-order valence-corrected chi connectivity index (χ3v) is 4.68. The maximum absolute atomic E-state index is 6.32.